The molecule has 0 aliphatic carbocycles. The Kier molecular flexibility index (Phi) is 5.03. The van der Waals surface area contributed by atoms with Crippen LogP contribution in [0, 0.1) is 25.2 Å². The summed E-state index contributed by atoms with van der Waals surface area (Å²) in [5.41, 5.74) is 3.59. The molecule has 6 heteroatoms. The van der Waals surface area contributed by atoms with Gasteiger partial charge in [0, 0.05) is 18.5 Å². The first kappa shape index (κ1) is 16.7. The van der Waals surface area contributed by atoms with Crippen LogP contribution in [0.2, 0.25) is 0 Å². The lowest BCUT2D eigenvalue weighted by Crippen LogP contribution is -2.41. The van der Waals surface area contributed by atoms with Crippen molar-refractivity contribution in [2.45, 2.75) is 18.9 Å². The molecule has 1 fully saturated rings. The zero-order chi connectivity index (χ0) is 17.1. The first-order valence-electron chi connectivity index (χ1n) is 7.89. The predicted octanol–water partition coefficient (Wildman–Crippen LogP) is 2.67. The SMILES string of the molecule is Cc1ccc(C)c2nc(SCC(=O)N3CCOCC3)c(C#N)cc12. The number of aromatic nitrogens is 1. The van der Waals surface area contributed by atoms with E-state index in [9.17, 15) is 10.1 Å². The molecular weight excluding hydrogens is 322 g/mol. The third-order valence-corrected chi connectivity index (χ3v) is 5.16. The normalized spacial score (nSPS) is 14.6. The lowest BCUT2D eigenvalue weighted by molar-refractivity contribution is -0.132. The highest BCUT2D eigenvalue weighted by atomic mass is 32.2. The van der Waals surface area contributed by atoms with E-state index >= 15 is 0 Å². The van der Waals surface area contributed by atoms with Gasteiger partial charge in [-0.05, 0) is 31.0 Å². The highest BCUT2D eigenvalue weighted by Gasteiger charge is 2.18. The van der Waals surface area contributed by atoms with Gasteiger partial charge in [0.05, 0.1) is 30.0 Å². The van der Waals surface area contributed by atoms with Crippen molar-refractivity contribution in [3.8, 4) is 6.07 Å². The highest BCUT2D eigenvalue weighted by Crippen LogP contribution is 2.28. The van der Waals surface area contributed by atoms with E-state index in [1.54, 1.807) is 4.90 Å². The second kappa shape index (κ2) is 7.20. The number of nitriles is 1. The van der Waals surface area contributed by atoms with Crippen LogP contribution in [0.4, 0.5) is 0 Å². The molecule has 0 N–H and O–H groups in total. The van der Waals surface area contributed by atoms with Crippen LogP contribution in [-0.2, 0) is 9.53 Å². The first-order chi connectivity index (χ1) is 11.6. The Morgan fingerprint density at radius 2 is 2.04 bits per heavy atom. The standard InChI is InChI=1S/C18H19N3O2S/c1-12-3-4-13(2)17-15(12)9-14(10-19)18(20-17)24-11-16(22)21-5-7-23-8-6-21/h3-4,9H,5-8,11H2,1-2H3. The molecule has 0 bridgehead atoms. The topological polar surface area (TPSA) is 66.2 Å². The average Bonchev–Trinajstić information content (AvgIpc) is 2.63. The van der Waals surface area contributed by atoms with Gasteiger partial charge in [-0.3, -0.25) is 4.79 Å². The number of benzene rings is 1. The van der Waals surface area contributed by atoms with Gasteiger partial charge in [-0.1, -0.05) is 23.9 Å². The summed E-state index contributed by atoms with van der Waals surface area (Å²) in [6.45, 7) is 6.47. The summed E-state index contributed by atoms with van der Waals surface area (Å²) in [6.07, 6.45) is 0. The van der Waals surface area contributed by atoms with Crippen molar-refractivity contribution >= 4 is 28.6 Å². The van der Waals surface area contributed by atoms with Gasteiger partial charge in [0.1, 0.15) is 11.1 Å². The Hall–Kier alpha value is -2.10. The molecule has 5 nitrogen and oxygen atoms in total. The molecule has 3 rings (SSSR count). The quantitative estimate of drug-likeness (QED) is 0.803. The molecule has 0 spiro atoms. The molecule has 2 aromatic rings. The van der Waals surface area contributed by atoms with Crippen molar-refractivity contribution in [3.05, 3.63) is 34.9 Å². The van der Waals surface area contributed by atoms with Gasteiger partial charge in [-0.25, -0.2) is 4.98 Å². The van der Waals surface area contributed by atoms with Crippen molar-refractivity contribution in [2.24, 2.45) is 0 Å². The van der Waals surface area contributed by atoms with Crippen LogP contribution >= 0.6 is 11.8 Å². The van der Waals surface area contributed by atoms with Crippen LogP contribution in [0.15, 0.2) is 23.2 Å². The molecule has 1 aliphatic heterocycles. The second-order valence-corrected chi connectivity index (χ2v) is 6.79. The highest BCUT2D eigenvalue weighted by molar-refractivity contribution is 8.00. The Bertz CT molecular complexity index is 823. The maximum absolute atomic E-state index is 12.3. The molecule has 1 aromatic carbocycles. The van der Waals surface area contributed by atoms with Gasteiger partial charge in [0.15, 0.2) is 0 Å². The third kappa shape index (κ3) is 3.37. The molecule has 1 saturated heterocycles. The third-order valence-electron chi connectivity index (χ3n) is 4.19. The summed E-state index contributed by atoms with van der Waals surface area (Å²) in [7, 11) is 0. The monoisotopic (exact) mass is 341 g/mol. The summed E-state index contributed by atoms with van der Waals surface area (Å²) < 4.78 is 5.27. The molecule has 124 valence electrons. The number of aryl methyl sites for hydroxylation is 2. The summed E-state index contributed by atoms with van der Waals surface area (Å²) in [4.78, 5) is 18.8. The van der Waals surface area contributed by atoms with Crippen molar-refractivity contribution in [2.75, 3.05) is 32.1 Å². The fraction of sp³-hybridized carbons (Fsp3) is 0.389. The van der Waals surface area contributed by atoms with Crippen LogP contribution in [0.5, 0.6) is 0 Å². The van der Waals surface area contributed by atoms with Crippen LogP contribution in [0.1, 0.15) is 16.7 Å². The number of pyridine rings is 1. The molecule has 1 amide bonds. The number of hydrogen-bond acceptors (Lipinski definition) is 5. The number of morpholine rings is 1. The van der Waals surface area contributed by atoms with Crippen molar-refractivity contribution in [1.29, 1.82) is 5.26 Å². The number of thioether (sulfide) groups is 1. The lowest BCUT2D eigenvalue weighted by Gasteiger charge is -2.26. The molecular formula is C18H19N3O2S. The second-order valence-electron chi connectivity index (χ2n) is 5.83. The minimum Gasteiger partial charge on any atom is -0.378 e. The van der Waals surface area contributed by atoms with Gasteiger partial charge in [-0.2, -0.15) is 5.26 Å². The van der Waals surface area contributed by atoms with Gasteiger partial charge in [-0.15, -0.1) is 0 Å². The summed E-state index contributed by atoms with van der Waals surface area (Å²) in [5.74, 6) is 0.355. The van der Waals surface area contributed by atoms with Crippen molar-refractivity contribution in [3.63, 3.8) is 0 Å². The molecule has 0 radical (unpaired) electrons. The van der Waals surface area contributed by atoms with Gasteiger partial charge in [0.25, 0.3) is 0 Å². The van der Waals surface area contributed by atoms with Crippen LogP contribution < -0.4 is 0 Å². The van der Waals surface area contributed by atoms with Gasteiger partial charge >= 0.3 is 0 Å². The number of ether oxygens (including phenoxy) is 1. The van der Waals surface area contributed by atoms with E-state index in [0.29, 0.717) is 36.9 Å². The molecule has 2 heterocycles. The van der Waals surface area contributed by atoms with E-state index < -0.39 is 0 Å². The predicted molar refractivity (Wildman–Crippen MR) is 94.1 cm³/mol. The smallest absolute Gasteiger partial charge is 0.233 e. The summed E-state index contributed by atoms with van der Waals surface area (Å²) in [5, 5.41) is 11.1. The Labute approximate surface area is 145 Å². The lowest BCUT2D eigenvalue weighted by atomic mass is 10.0. The molecule has 0 saturated carbocycles. The summed E-state index contributed by atoms with van der Waals surface area (Å²) >= 11 is 1.34. The Balaban J connectivity index is 1.84. The summed E-state index contributed by atoms with van der Waals surface area (Å²) in [6, 6.07) is 8.16. The average molecular weight is 341 g/mol. The molecule has 0 unspecified atom stereocenters. The number of fused-ring (bicyclic) bond motifs is 1. The van der Waals surface area contributed by atoms with E-state index in [1.807, 2.05) is 32.0 Å². The van der Waals surface area contributed by atoms with Crippen molar-refractivity contribution in [1.82, 2.24) is 9.88 Å². The zero-order valence-electron chi connectivity index (χ0n) is 13.8. The minimum atomic E-state index is 0.0649. The fourth-order valence-electron chi connectivity index (χ4n) is 2.74. The maximum Gasteiger partial charge on any atom is 0.233 e. The molecule has 1 aliphatic rings. The number of amides is 1. The number of nitrogens with zero attached hydrogens (tertiary/aromatic N) is 3. The maximum atomic E-state index is 12.3. The first-order valence-corrected chi connectivity index (χ1v) is 8.88. The van der Waals surface area contributed by atoms with E-state index in [2.05, 4.69) is 11.1 Å². The van der Waals surface area contributed by atoms with Crippen LogP contribution in [0.25, 0.3) is 10.9 Å². The zero-order valence-corrected chi connectivity index (χ0v) is 14.7. The van der Waals surface area contributed by atoms with Crippen LogP contribution in [0.3, 0.4) is 0 Å². The van der Waals surface area contributed by atoms with E-state index in [0.717, 1.165) is 22.0 Å². The molecule has 24 heavy (non-hydrogen) atoms. The molecule has 1 aromatic heterocycles. The van der Waals surface area contributed by atoms with Gasteiger partial charge < -0.3 is 9.64 Å². The van der Waals surface area contributed by atoms with Crippen LogP contribution in [-0.4, -0.2) is 47.8 Å². The Morgan fingerprint density at radius 1 is 1.33 bits per heavy atom. The number of rotatable bonds is 3. The molecule has 0 atom stereocenters. The van der Waals surface area contributed by atoms with E-state index in [-0.39, 0.29) is 11.7 Å². The van der Waals surface area contributed by atoms with E-state index in [4.69, 9.17) is 4.74 Å². The fourth-order valence-corrected chi connectivity index (χ4v) is 3.60. The van der Waals surface area contributed by atoms with Crippen molar-refractivity contribution < 1.29 is 9.53 Å². The number of carbonyl (C=O) groups excluding carboxylic acids is 1. The van der Waals surface area contributed by atoms with E-state index in [1.165, 1.54) is 11.8 Å². The number of carbonyl (C=O) groups is 1. The van der Waals surface area contributed by atoms with Gasteiger partial charge in [0.2, 0.25) is 5.91 Å². The Morgan fingerprint density at radius 3 is 2.75 bits per heavy atom. The minimum absolute atomic E-state index is 0.0649. The number of hydrogen-bond donors (Lipinski definition) is 0. The largest absolute Gasteiger partial charge is 0.378 e.